The van der Waals surface area contributed by atoms with Crippen molar-refractivity contribution in [3.63, 3.8) is 0 Å². The van der Waals surface area contributed by atoms with E-state index in [-0.39, 0.29) is 0 Å². The molecule has 0 amide bonds. The monoisotopic (exact) mass is 375 g/mol. The normalized spacial score (nSPS) is 19.1. The third-order valence-electron chi connectivity index (χ3n) is 5.11. The minimum absolute atomic E-state index is 0.348. The number of ether oxygens (including phenoxy) is 1. The zero-order valence-electron chi connectivity index (χ0n) is 15.1. The molecule has 2 fully saturated rings. The van der Waals surface area contributed by atoms with Crippen molar-refractivity contribution in [1.82, 2.24) is 30.0 Å². The maximum atomic E-state index is 5.45. The summed E-state index contributed by atoms with van der Waals surface area (Å²) in [5.74, 6) is 0.968. The summed E-state index contributed by atoms with van der Waals surface area (Å²) < 4.78 is 7.53. The van der Waals surface area contributed by atoms with Crippen molar-refractivity contribution in [2.45, 2.75) is 25.8 Å². The predicted molar refractivity (Wildman–Crippen MR) is 104 cm³/mol. The molecule has 0 spiro atoms. The third kappa shape index (κ3) is 3.33. The number of hydrogen-bond acceptors (Lipinski definition) is 6. The molecule has 0 radical (unpaired) electrons. The highest BCUT2D eigenvalue weighted by molar-refractivity contribution is 7.80. The second kappa shape index (κ2) is 7.71. The van der Waals surface area contributed by atoms with E-state index in [4.69, 9.17) is 17.0 Å². The van der Waals surface area contributed by atoms with Crippen molar-refractivity contribution < 1.29 is 4.74 Å². The van der Waals surface area contributed by atoms with Crippen LogP contribution in [0.25, 0.3) is 11.0 Å². The highest BCUT2D eigenvalue weighted by Gasteiger charge is 2.25. The standard InChI is InChI=1S/C17H25N7OS/c1-2-18-17(26)23-5-3-13(4-6-23)24-16-14(11-21-24)15(19-12-20-16)22-7-9-25-10-8-22/h11-13H,2-10H2,1H3,(H,18,26). The number of fused-ring (bicyclic) bond motifs is 1. The minimum atomic E-state index is 0.348. The molecule has 2 aliphatic heterocycles. The van der Waals surface area contributed by atoms with Crippen LogP contribution in [0, 0.1) is 0 Å². The van der Waals surface area contributed by atoms with Crippen molar-refractivity contribution in [3.05, 3.63) is 12.5 Å². The molecule has 0 atom stereocenters. The van der Waals surface area contributed by atoms with Crippen LogP contribution < -0.4 is 10.2 Å². The quantitative estimate of drug-likeness (QED) is 0.803. The molecule has 0 aliphatic carbocycles. The van der Waals surface area contributed by atoms with Crippen molar-refractivity contribution >= 4 is 34.2 Å². The number of morpholine rings is 1. The van der Waals surface area contributed by atoms with Crippen LogP contribution in [0.3, 0.4) is 0 Å². The number of aromatic nitrogens is 4. The van der Waals surface area contributed by atoms with Gasteiger partial charge in [0.2, 0.25) is 0 Å². The average molecular weight is 376 g/mol. The van der Waals surface area contributed by atoms with Crippen LogP contribution in [-0.2, 0) is 4.74 Å². The number of piperidine rings is 1. The van der Waals surface area contributed by atoms with Gasteiger partial charge < -0.3 is 19.9 Å². The van der Waals surface area contributed by atoms with Gasteiger partial charge in [-0.3, -0.25) is 0 Å². The molecule has 26 heavy (non-hydrogen) atoms. The molecule has 9 heteroatoms. The van der Waals surface area contributed by atoms with Gasteiger partial charge in [0, 0.05) is 32.7 Å². The average Bonchev–Trinajstić information content (AvgIpc) is 3.13. The van der Waals surface area contributed by atoms with Gasteiger partial charge in [0.05, 0.1) is 30.8 Å². The lowest BCUT2D eigenvalue weighted by Gasteiger charge is -2.34. The molecule has 8 nitrogen and oxygen atoms in total. The summed E-state index contributed by atoms with van der Waals surface area (Å²) in [6.07, 6.45) is 5.59. The molecule has 0 bridgehead atoms. The van der Waals surface area contributed by atoms with Gasteiger partial charge in [-0.15, -0.1) is 0 Å². The Bertz CT molecular complexity index is 766. The Labute approximate surface area is 158 Å². The van der Waals surface area contributed by atoms with Gasteiger partial charge in [0.25, 0.3) is 0 Å². The lowest BCUT2D eigenvalue weighted by atomic mass is 10.1. The van der Waals surface area contributed by atoms with Gasteiger partial charge >= 0.3 is 0 Å². The van der Waals surface area contributed by atoms with E-state index in [0.29, 0.717) is 6.04 Å². The van der Waals surface area contributed by atoms with Gasteiger partial charge in [-0.05, 0) is 32.0 Å². The summed E-state index contributed by atoms with van der Waals surface area (Å²) >= 11 is 5.43. The minimum Gasteiger partial charge on any atom is -0.378 e. The molecule has 2 saturated heterocycles. The first kappa shape index (κ1) is 17.4. The van der Waals surface area contributed by atoms with E-state index in [2.05, 4.69) is 41.8 Å². The predicted octanol–water partition coefficient (Wildman–Crippen LogP) is 1.19. The summed E-state index contributed by atoms with van der Waals surface area (Å²) in [5.41, 5.74) is 0.925. The zero-order chi connectivity index (χ0) is 17.9. The molecule has 1 N–H and O–H groups in total. The first-order chi connectivity index (χ1) is 12.8. The van der Waals surface area contributed by atoms with E-state index >= 15 is 0 Å². The van der Waals surface area contributed by atoms with E-state index in [1.807, 2.05) is 6.20 Å². The zero-order valence-corrected chi connectivity index (χ0v) is 15.9. The van der Waals surface area contributed by atoms with E-state index in [9.17, 15) is 0 Å². The smallest absolute Gasteiger partial charge is 0.168 e. The first-order valence-corrected chi connectivity index (χ1v) is 9.72. The van der Waals surface area contributed by atoms with Crippen LogP contribution >= 0.6 is 12.2 Å². The molecular formula is C17H25N7OS. The highest BCUT2D eigenvalue weighted by atomic mass is 32.1. The Morgan fingerprint density at radius 3 is 2.73 bits per heavy atom. The maximum Gasteiger partial charge on any atom is 0.168 e. The van der Waals surface area contributed by atoms with Crippen LogP contribution in [-0.4, -0.2) is 75.7 Å². The largest absolute Gasteiger partial charge is 0.378 e. The number of hydrogen-bond donors (Lipinski definition) is 1. The molecule has 4 rings (SSSR count). The number of nitrogens with zero attached hydrogens (tertiary/aromatic N) is 6. The Morgan fingerprint density at radius 2 is 2.00 bits per heavy atom. The first-order valence-electron chi connectivity index (χ1n) is 9.31. The fraction of sp³-hybridized carbons (Fsp3) is 0.647. The fourth-order valence-corrected chi connectivity index (χ4v) is 4.05. The van der Waals surface area contributed by atoms with Crippen molar-refractivity contribution in [2.24, 2.45) is 0 Å². The topological polar surface area (TPSA) is 71.3 Å². The number of nitrogens with one attached hydrogen (secondary N) is 1. The van der Waals surface area contributed by atoms with Crippen LogP contribution in [0.4, 0.5) is 5.82 Å². The number of rotatable bonds is 3. The van der Waals surface area contributed by atoms with Gasteiger partial charge in [-0.2, -0.15) is 5.10 Å². The summed E-state index contributed by atoms with van der Waals surface area (Å²) in [7, 11) is 0. The summed E-state index contributed by atoms with van der Waals surface area (Å²) in [6.45, 7) is 8.02. The van der Waals surface area contributed by atoms with E-state index in [0.717, 1.165) is 80.7 Å². The summed E-state index contributed by atoms with van der Waals surface area (Å²) in [6, 6.07) is 0.348. The second-order valence-electron chi connectivity index (χ2n) is 6.68. The van der Waals surface area contributed by atoms with Crippen molar-refractivity contribution in [3.8, 4) is 0 Å². The molecule has 2 aromatic rings. The molecule has 2 aromatic heterocycles. The Kier molecular flexibility index (Phi) is 5.16. The van der Waals surface area contributed by atoms with Crippen LogP contribution in [0.15, 0.2) is 12.5 Å². The molecule has 0 aromatic carbocycles. The van der Waals surface area contributed by atoms with E-state index in [1.54, 1.807) is 6.33 Å². The SMILES string of the molecule is CCNC(=S)N1CCC(n2ncc3c(N4CCOCC4)ncnc32)CC1. The van der Waals surface area contributed by atoms with Crippen molar-refractivity contribution in [1.29, 1.82) is 0 Å². The summed E-state index contributed by atoms with van der Waals surface area (Å²) in [4.78, 5) is 13.6. The fourth-order valence-electron chi connectivity index (χ4n) is 3.72. The molecule has 4 heterocycles. The lowest BCUT2D eigenvalue weighted by Crippen LogP contribution is -2.44. The van der Waals surface area contributed by atoms with Gasteiger partial charge in [0.15, 0.2) is 10.8 Å². The number of anilines is 1. The van der Waals surface area contributed by atoms with E-state index in [1.165, 1.54) is 0 Å². The van der Waals surface area contributed by atoms with Crippen LogP contribution in [0.5, 0.6) is 0 Å². The lowest BCUT2D eigenvalue weighted by molar-refractivity contribution is 0.122. The van der Waals surface area contributed by atoms with Crippen molar-refractivity contribution in [2.75, 3.05) is 50.8 Å². The molecule has 0 unspecified atom stereocenters. The number of likely N-dealkylation sites (tertiary alicyclic amines) is 1. The highest BCUT2D eigenvalue weighted by Crippen LogP contribution is 2.29. The Balaban J connectivity index is 1.52. The molecule has 140 valence electrons. The number of thiocarbonyl (C=S) groups is 1. The Morgan fingerprint density at radius 1 is 1.23 bits per heavy atom. The van der Waals surface area contributed by atoms with Gasteiger partial charge in [0.1, 0.15) is 12.1 Å². The summed E-state index contributed by atoms with van der Waals surface area (Å²) in [5, 5.41) is 9.79. The Hall–Kier alpha value is -2.00. The maximum absolute atomic E-state index is 5.45. The molecule has 0 saturated carbocycles. The third-order valence-corrected chi connectivity index (χ3v) is 5.51. The van der Waals surface area contributed by atoms with Crippen LogP contribution in [0.2, 0.25) is 0 Å². The van der Waals surface area contributed by atoms with Crippen LogP contribution in [0.1, 0.15) is 25.8 Å². The van der Waals surface area contributed by atoms with Gasteiger partial charge in [-0.1, -0.05) is 0 Å². The van der Waals surface area contributed by atoms with Gasteiger partial charge in [-0.25, -0.2) is 14.6 Å². The second-order valence-corrected chi connectivity index (χ2v) is 7.06. The van der Waals surface area contributed by atoms with E-state index < -0.39 is 0 Å². The molecule has 2 aliphatic rings. The molecular weight excluding hydrogens is 350 g/mol.